The number of ether oxygens (including phenoxy) is 1. The molecule has 2 aromatic heterocycles. The Balaban J connectivity index is 1.72. The van der Waals surface area contributed by atoms with E-state index in [0.717, 1.165) is 11.3 Å². The normalized spacial score (nSPS) is 10.4. The predicted molar refractivity (Wildman–Crippen MR) is 83.4 cm³/mol. The minimum Gasteiger partial charge on any atom is -0.473 e. The van der Waals surface area contributed by atoms with E-state index < -0.39 is 0 Å². The maximum Gasteiger partial charge on any atom is 0.255 e. The monoisotopic (exact) mass is 313 g/mol. The molecular formula is C16H12ClN3O2. The summed E-state index contributed by atoms with van der Waals surface area (Å²) in [5, 5.41) is 0.337. The number of halogens is 1. The van der Waals surface area contributed by atoms with Crippen LogP contribution in [0, 0.1) is 0 Å². The fraction of sp³-hybridized carbons (Fsp3) is 0.0625. The summed E-state index contributed by atoms with van der Waals surface area (Å²) in [6.07, 6.45) is 3.08. The largest absolute Gasteiger partial charge is 0.473 e. The first-order chi connectivity index (χ1) is 10.7. The highest BCUT2D eigenvalue weighted by atomic mass is 35.5. The first kappa shape index (κ1) is 14.3. The second kappa shape index (κ2) is 6.41. The quantitative estimate of drug-likeness (QED) is 0.695. The third kappa shape index (κ3) is 3.32. The molecule has 0 N–H and O–H groups in total. The highest BCUT2D eigenvalue weighted by Crippen LogP contribution is 2.14. The first-order valence-corrected chi connectivity index (χ1v) is 6.97. The molecule has 3 aromatic rings. The zero-order valence-electron chi connectivity index (χ0n) is 11.5. The molecule has 0 spiro atoms. The van der Waals surface area contributed by atoms with Crippen molar-refractivity contribution < 1.29 is 4.74 Å². The number of nitrogens with zero attached hydrogens (tertiary/aromatic N) is 3. The number of hydrogen-bond donors (Lipinski definition) is 0. The highest BCUT2D eigenvalue weighted by Gasteiger charge is 2.01. The van der Waals surface area contributed by atoms with Crippen LogP contribution < -0.4 is 10.3 Å². The molecule has 0 radical (unpaired) electrons. The lowest BCUT2D eigenvalue weighted by atomic mass is 10.2. The Bertz CT molecular complexity index is 831. The molecule has 0 aliphatic heterocycles. The Labute approximate surface area is 131 Å². The zero-order chi connectivity index (χ0) is 15.4. The third-order valence-corrected chi connectivity index (χ3v) is 3.24. The van der Waals surface area contributed by atoms with E-state index in [1.54, 1.807) is 22.9 Å². The molecule has 0 bridgehead atoms. The van der Waals surface area contributed by atoms with Gasteiger partial charge in [-0.1, -0.05) is 29.8 Å². The molecule has 0 unspecified atom stereocenters. The molecule has 5 nitrogen and oxygen atoms in total. The molecule has 0 fully saturated rings. The number of rotatable bonds is 4. The average molecular weight is 314 g/mol. The molecule has 2 heterocycles. The molecule has 0 aliphatic carbocycles. The van der Waals surface area contributed by atoms with Gasteiger partial charge in [-0.05, 0) is 23.8 Å². The van der Waals surface area contributed by atoms with Crippen LogP contribution in [-0.2, 0) is 6.61 Å². The zero-order valence-corrected chi connectivity index (χ0v) is 12.3. The average Bonchev–Trinajstić information content (AvgIpc) is 2.54. The lowest BCUT2D eigenvalue weighted by Crippen LogP contribution is -2.15. The van der Waals surface area contributed by atoms with Gasteiger partial charge in [0.15, 0.2) is 0 Å². The van der Waals surface area contributed by atoms with Gasteiger partial charge in [0.1, 0.15) is 18.1 Å². The van der Waals surface area contributed by atoms with E-state index >= 15 is 0 Å². The van der Waals surface area contributed by atoms with Gasteiger partial charge in [-0.2, -0.15) is 0 Å². The second-order valence-corrected chi connectivity index (χ2v) is 4.93. The van der Waals surface area contributed by atoms with Crippen LogP contribution in [0.1, 0.15) is 5.56 Å². The van der Waals surface area contributed by atoms with Gasteiger partial charge in [-0.3, -0.25) is 9.36 Å². The number of aromatic nitrogens is 3. The van der Waals surface area contributed by atoms with Gasteiger partial charge < -0.3 is 4.74 Å². The molecule has 3 rings (SSSR count). The van der Waals surface area contributed by atoms with Gasteiger partial charge in [-0.15, -0.1) is 0 Å². The number of hydrogen-bond acceptors (Lipinski definition) is 4. The predicted octanol–water partition coefficient (Wildman–Crippen LogP) is 2.86. The lowest BCUT2D eigenvalue weighted by Gasteiger charge is -2.08. The Morgan fingerprint density at radius 1 is 1.09 bits per heavy atom. The lowest BCUT2D eigenvalue weighted by molar-refractivity contribution is 0.293. The maximum atomic E-state index is 11.8. The van der Waals surface area contributed by atoms with Crippen LogP contribution in [0.15, 0.2) is 65.8 Å². The van der Waals surface area contributed by atoms with Crippen LogP contribution >= 0.6 is 11.6 Å². The maximum absolute atomic E-state index is 11.8. The van der Waals surface area contributed by atoms with Crippen molar-refractivity contribution in [1.29, 1.82) is 0 Å². The van der Waals surface area contributed by atoms with E-state index in [1.807, 2.05) is 30.3 Å². The molecule has 0 saturated heterocycles. The van der Waals surface area contributed by atoms with Gasteiger partial charge in [-0.25, -0.2) is 9.97 Å². The Morgan fingerprint density at radius 3 is 2.64 bits per heavy atom. The van der Waals surface area contributed by atoms with E-state index in [0.29, 0.717) is 17.6 Å². The summed E-state index contributed by atoms with van der Waals surface area (Å²) in [6.45, 7) is 0.358. The molecular weight excluding hydrogens is 302 g/mol. The molecule has 0 aliphatic rings. The van der Waals surface area contributed by atoms with Crippen LogP contribution in [0.4, 0.5) is 0 Å². The molecule has 110 valence electrons. The smallest absolute Gasteiger partial charge is 0.255 e. The van der Waals surface area contributed by atoms with Gasteiger partial charge in [0.25, 0.3) is 5.56 Å². The third-order valence-electron chi connectivity index (χ3n) is 3.03. The summed E-state index contributed by atoms with van der Waals surface area (Å²) in [4.78, 5) is 19.5. The van der Waals surface area contributed by atoms with Gasteiger partial charge in [0.2, 0.25) is 5.88 Å². The van der Waals surface area contributed by atoms with E-state index in [2.05, 4.69) is 9.97 Å². The van der Waals surface area contributed by atoms with Crippen LogP contribution in [0.25, 0.3) is 5.69 Å². The Morgan fingerprint density at radius 2 is 1.91 bits per heavy atom. The molecule has 0 saturated carbocycles. The van der Waals surface area contributed by atoms with Crippen molar-refractivity contribution in [2.45, 2.75) is 6.61 Å². The van der Waals surface area contributed by atoms with Crippen LogP contribution in [0.3, 0.4) is 0 Å². The summed E-state index contributed by atoms with van der Waals surface area (Å²) >= 11 is 5.77. The fourth-order valence-electron chi connectivity index (χ4n) is 1.95. The SMILES string of the molecule is O=c1ccccn1-c1ccc(COc2cc(Cl)ncn2)cc1. The summed E-state index contributed by atoms with van der Waals surface area (Å²) in [7, 11) is 0. The van der Waals surface area contributed by atoms with Crippen LogP contribution in [0.2, 0.25) is 5.15 Å². The van der Waals surface area contributed by atoms with Crippen molar-refractivity contribution in [3.8, 4) is 11.6 Å². The topological polar surface area (TPSA) is 57.0 Å². The molecule has 0 atom stereocenters. The summed E-state index contributed by atoms with van der Waals surface area (Å²) in [6, 6.07) is 14.1. The minimum atomic E-state index is -0.0675. The van der Waals surface area contributed by atoms with Crippen LogP contribution in [0.5, 0.6) is 5.88 Å². The summed E-state index contributed by atoms with van der Waals surface area (Å²) in [5.41, 5.74) is 1.70. The van der Waals surface area contributed by atoms with Crippen molar-refractivity contribution in [2.75, 3.05) is 0 Å². The molecule has 22 heavy (non-hydrogen) atoms. The Hall–Kier alpha value is -2.66. The minimum absolute atomic E-state index is 0.0675. The standard InChI is InChI=1S/C16H12ClN3O2/c17-14-9-15(19-11-18-14)22-10-12-4-6-13(7-5-12)20-8-2-1-3-16(20)21/h1-9,11H,10H2. The van der Waals surface area contributed by atoms with Crippen molar-refractivity contribution in [2.24, 2.45) is 0 Å². The fourth-order valence-corrected chi connectivity index (χ4v) is 2.08. The van der Waals surface area contributed by atoms with Gasteiger partial charge in [0, 0.05) is 24.0 Å². The van der Waals surface area contributed by atoms with Crippen molar-refractivity contribution in [1.82, 2.24) is 14.5 Å². The number of pyridine rings is 1. The molecule has 0 amide bonds. The van der Waals surface area contributed by atoms with E-state index in [-0.39, 0.29) is 5.56 Å². The molecule has 1 aromatic carbocycles. The summed E-state index contributed by atoms with van der Waals surface area (Å²) in [5.74, 6) is 0.420. The number of benzene rings is 1. The summed E-state index contributed by atoms with van der Waals surface area (Å²) < 4.78 is 7.12. The Kier molecular flexibility index (Phi) is 4.16. The second-order valence-electron chi connectivity index (χ2n) is 4.54. The van der Waals surface area contributed by atoms with Gasteiger partial charge in [0.05, 0.1) is 0 Å². The van der Waals surface area contributed by atoms with Crippen molar-refractivity contribution in [3.05, 3.63) is 82.1 Å². The van der Waals surface area contributed by atoms with Crippen LogP contribution in [-0.4, -0.2) is 14.5 Å². The van der Waals surface area contributed by atoms with Crippen molar-refractivity contribution >= 4 is 11.6 Å². The van der Waals surface area contributed by atoms with Crippen molar-refractivity contribution in [3.63, 3.8) is 0 Å². The first-order valence-electron chi connectivity index (χ1n) is 6.60. The van der Waals surface area contributed by atoms with E-state index in [1.165, 1.54) is 12.4 Å². The highest BCUT2D eigenvalue weighted by molar-refractivity contribution is 6.29. The van der Waals surface area contributed by atoms with E-state index in [9.17, 15) is 4.79 Å². The van der Waals surface area contributed by atoms with E-state index in [4.69, 9.17) is 16.3 Å². The van der Waals surface area contributed by atoms with Gasteiger partial charge >= 0.3 is 0 Å². The molecule has 6 heteroatoms.